The van der Waals surface area contributed by atoms with Crippen molar-refractivity contribution in [3.05, 3.63) is 52.2 Å². The Balaban J connectivity index is 0.00000312. The average molecular weight is 405 g/mol. The lowest BCUT2D eigenvalue weighted by Crippen LogP contribution is -2.33. The third-order valence-electron chi connectivity index (χ3n) is 3.43. The Morgan fingerprint density at radius 1 is 1.24 bits per heavy atom. The normalized spacial score (nSPS) is 11.2. The van der Waals surface area contributed by atoms with Crippen LogP contribution in [0.1, 0.15) is 21.7 Å². The topological polar surface area (TPSA) is 89.7 Å². The number of carbonyl (C=O) groups is 1. The van der Waals surface area contributed by atoms with Crippen molar-refractivity contribution in [3.63, 3.8) is 0 Å². The van der Waals surface area contributed by atoms with Crippen molar-refractivity contribution >= 4 is 39.7 Å². The highest BCUT2D eigenvalue weighted by atomic mass is 35.5. The Morgan fingerprint density at radius 3 is 2.52 bits per heavy atom. The summed E-state index contributed by atoms with van der Waals surface area (Å²) in [5.41, 5.74) is 6.41. The van der Waals surface area contributed by atoms with Crippen molar-refractivity contribution in [3.8, 4) is 0 Å². The standard InChI is InChI=1S/C16H20N2O4S2.ClH/c1-22-16(19)15-14(8-11-23-15)24(20,21)18(10-5-9-17)12-13-6-3-2-4-7-13;/h2-4,6-8,11H,5,9-10,12,17H2,1H3;1H. The number of nitrogens with zero attached hydrogens (tertiary/aromatic N) is 1. The SMILES string of the molecule is COC(=O)c1sccc1S(=O)(=O)N(CCCN)Cc1ccccc1.Cl. The zero-order valence-corrected chi connectivity index (χ0v) is 16.2. The summed E-state index contributed by atoms with van der Waals surface area (Å²) in [6.45, 7) is 0.887. The Hall–Kier alpha value is -1.45. The molecule has 2 rings (SSSR count). The van der Waals surface area contributed by atoms with Crippen LogP contribution in [0.4, 0.5) is 0 Å². The Labute approximate surface area is 158 Å². The summed E-state index contributed by atoms with van der Waals surface area (Å²) in [4.78, 5) is 11.9. The lowest BCUT2D eigenvalue weighted by Gasteiger charge is -2.22. The summed E-state index contributed by atoms with van der Waals surface area (Å²) in [5, 5.41) is 1.57. The smallest absolute Gasteiger partial charge is 0.349 e. The predicted octanol–water partition coefficient (Wildman–Crippen LogP) is 2.50. The van der Waals surface area contributed by atoms with E-state index in [9.17, 15) is 13.2 Å². The van der Waals surface area contributed by atoms with E-state index >= 15 is 0 Å². The molecular formula is C16H21ClN2O4S2. The van der Waals surface area contributed by atoms with Crippen molar-refractivity contribution in [1.29, 1.82) is 0 Å². The highest BCUT2D eigenvalue weighted by Gasteiger charge is 2.30. The van der Waals surface area contributed by atoms with E-state index in [0.717, 1.165) is 16.9 Å². The fourth-order valence-corrected chi connectivity index (χ4v) is 4.99. The van der Waals surface area contributed by atoms with Crippen LogP contribution >= 0.6 is 23.7 Å². The van der Waals surface area contributed by atoms with Crippen LogP contribution in [0, 0.1) is 0 Å². The van der Waals surface area contributed by atoms with Gasteiger partial charge in [-0.05, 0) is 30.0 Å². The maximum atomic E-state index is 13.0. The zero-order chi connectivity index (χ0) is 17.6. The van der Waals surface area contributed by atoms with Gasteiger partial charge in [0.25, 0.3) is 0 Å². The number of methoxy groups -OCH3 is 1. The molecule has 0 unspecified atom stereocenters. The van der Waals surface area contributed by atoms with Crippen molar-refractivity contribution in [1.82, 2.24) is 4.31 Å². The molecule has 9 heteroatoms. The highest BCUT2D eigenvalue weighted by molar-refractivity contribution is 7.89. The lowest BCUT2D eigenvalue weighted by atomic mass is 10.2. The molecule has 1 aromatic heterocycles. The monoisotopic (exact) mass is 404 g/mol. The molecule has 0 amide bonds. The van der Waals surface area contributed by atoms with E-state index in [1.54, 1.807) is 5.38 Å². The van der Waals surface area contributed by atoms with Crippen molar-refractivity contribution in [2.24, 2.45) is 5.73 Å². The van der Waals surface area contributed by atoms with E-state index in [4.69, 9.17) is 5.73 Å². The maximum absolute atomic E-state index is 13.0. The fraction of sp³-hybridized carbons (Fsp3) is 0.312. The first kappa shape index (κ1) is 21.6. The first-order valence-electron chi connectivity index (χ1n) is 7.40. The minimum Gasteiger partial charge on any atom is -0.465 e. The summed E-state index contributed by atoms with van der Waals surface area (Å²) < 4.78 is 32.1. The molecular weight excluding hydrogens is 384 g/mol. The number of ether oxygens (including phenoxy) is 1. The number of thiophene rings is 1. The molecule has 2 aromatic rings. The Morgan fingerprint density at radius 2 is 1.92 bits per heavy atom. The second kappa shape index (κ2) is 9.88. The van der Waals surface area contributed by atoms with Crippen LogP contribution in [0.25, 0.3) is 0 Å². The van der Waals surface area contributed by atoms with Gasteiger partial charge in [-0.15, -0.1) is 23.7 Å². The van der Waals surface area contributed by atoms with Crippen LogP contribution < -0.4 is 5.73 Å². The minimum atomic E-state index is -3.83. The molecule has 0 aliphatic rings. The van der Waals surface area contributed by atoms with Crippen LogP contribution in [0.3, 0.4) is 0 Å². The Bertz CT molecular complexity index is 778. The molecule has 0 radical (unpaired) electrons. The third-order valence-corrected chi connectivity index (χ3v) is 6.34. The number of halogens is 1. The fourth-order valence-electron chi connectivity index (χ4n) is 2.22. The van der Waals surface area contributed by atoms with Gasteiger partial charge in [-0.3, -0.25) is 0 Å². The van der Waals surface area contributed by atoms with E-state index in [1.165, 1.54) is 17.5 Å². The zero-order valence-electron chi connectivity index (χ0n) is 13.8. The van der Waals surface area contributed by atoms with Gasteiger partial charge in [0.15, 0.2) is 0 Å². The molecule has 138 valence electrons. The van der Waals surface area contributed by atoms with Gasteiger partial charge < -0.3 is 10.5 Å². The summed E-state index contributed by atoms with van der Waals surface area (Å²) in [6, 6.07) is 10.7. The number of esters is 1. The largest absolute Gasteiger partial charge is 0.465 e. The quantitative estimate of drug-likeness (QED) is 0.682. The van der Waals surface area contributed by atoms with Gasteiger partial charge in [-0.25, -0.2) is 13.2 Å². The van der Waals surface area contributed by atoms with E-state index in [2.05, 4.69) is 4.74 Å². The molecule has 0 saturated heterocycles. The number of sulfonamides is 1. The van der Waals surface area contributed by atoms with Gasteiger partial charge in [-0.1, -0.05) is 30.3 Å². The molecule has 25 heavy (non-hydrogen) atoms. The molecule has 0 saturated carbocycles. The van der Waals surface area contributed by atoms with E-state index < -0.39 is 16.0 Å². The predicted molar refractivity (Wildman–Crippen MR) is 101 cm³/mol. The maximum Gasteiger partial charge on any atom is 0.349 e. The van der Waals surface area contributed by atoms with Gasteiger partial charge >= 0.3 is 5.97 Å². The van der Waals surface area contributed by atoms with E-state index in [1.807, 2.05) is 30.3 Å². The second-order valence-electron chi connectivity index (χ2n) is 5.07. The van der Waals surface area contributed by atoms with Crippen LogP contribution in [0.15, 0.2) is 46.7 Å². The first-order chi connectivity index (χ1) is 11.5. The summed E-state index contributed by atoms with van der Waals surface area (Å²) in [5.74, 6) is -0.651. The van der Waals surface area contributed by atoms with E-state index in [-0.39, 0.29) is 35.3 Å². The summed E-state index contributed by atoms with van der Waals surface area (Å²) in [7, 11) is -2.60. The number of nitrogens with two attached hydrogens (primary N) is 1. The van der Waals surface area contributed by atoms with Gasteiger partial charge in [-0.2, -0.15) is 4.31 Å². The van der Waals surface area contributed by atoms with Gasteiger partial charge in [0, 0.05) is 13.1 Å². The van der Waals surface area contributed by atoms with Gasteiger partial charge in [0.2, 0.25) is 10.0 Å². The second-order valence-corrected chi connectivity index (χ2v) is 7.89. The van der Waals surface area contributed by atoms with Gasteiger partial charge in [0.1, 0.15) is 9.77 Å². The molecule has 0 atom stereocenters. The molecule has 0 aliphatic heterocycles. The molecule has 1 aromatic carbocycles. The molecule has 0 bridgehead atoms. The number of hydrogen-bond acceptors (Lipinski definition) is 6. The number of rotatable bonds is 8. The van der Waals surface area contributed by atoms with Crippen molar-refractivity contribution in [2.75, 3.05) is 20.2 Å². The summed E-state index contributed by atoms with van der Waals surface area (Å²) in [6.07, 6.45) is 0.532. The lowest BCUT2D eigenvalue weighted by molar-refractivity contribution is 0.0602. The number of carbonyl (C=O) groups excluding carboxylic acids is 1. The summed E-state index contributed by atoms with van der Waals surface area (Å²) >= 11 is 1.05. The molecule has 0 aliphatic carbocycles. The minimum absolute atomic E-state index is 0. The van der Waals surface area contributed by atoms with Crippen LogP contribution in [-0.2, 0) is 21.3 Å². The van der Waals surface area contributed by atoms with Crippen LogP contribution in [0.2, 0.25) is 0 Å². The van der Waals surface area contributed by atoms with Crippen LogP contribution in [-0.4, -0.2) is 38.9 Å². The molecule has 0 spiro atoms. The number of benzene rings is 1. The molecule has 2 N–H and O–H groups in total. The van der Waals surface area contributed by atoms with Crippen molar-refractivity contribution < 1.29 is 17.9 Å². The average Bonchev–Trinajstić information content (AvgIpc) is 3.09. The first-order valence-corrected chi connectivity index (χ1v) is 9.72. The molecule has 1 heterocycles. The third kappa shape index (κ3) is 5.26. The van der Waals surface area contributed by atoms with E-state index in [0.29, 0.717) is 13.0 Å². The highest BCUT2D eigenvalue weighted by Crippen LogP contribution is 2.27. The number of hydrogen-bond donors (Lipinski definition) is 1. The van der Waals surface area contributed by atoms with Crippen LogP contribution in [0.5, 0.6) is 0 Å². The molecule has 6 nitrogen and oxygen atoms in total. The van der Waals surface area contributed by atoms with Crippen molar-refractivity contribution in [2.45, 2.75) is 17.9 Å². The molecule has 0 fully saturated rings. The van der Waals surface area contributed by atoms with Gasteiger partial charge in [0.05, 0.1) is 7.11 Å². The Kier molecular flexibility index (Phi) is 8.54.